The maximum atomic E-state index is 12.2. The van der Waals surface area contributed by atoms with Crippen molar-refractivity contribution in [1.82, 2.24) is 9.80 Å². The second-order valence-corrected chi connectivity index (χ2v) is 5.22. The van der Waals surface area contributed by atoms with Crippen molar-refractivity contribution in [2.24, 2.45) is 5.73 Å². The Labute approximate surface area is 111 Å². The van der Waals surface area contributed by atoms with Gasteiger partial charge in [0.25, 0.3) is 0 Å². The molecule has 0 aromatic heterocycles. The van der Waals surface area contributed by atoms with Crippen molar-refractivity contribution in [3.8, 4) is 0 Å². The normalized spacial score (nSPS) is 18.3. The summed E-state index contributed by atoms with van der Waals surface area (Å²) in [5.41, 5.74) is 6.08. The SMILES string of the molecule is CCN(CC)C(=O)CN(CC)C1(CN)CCCC1. The van der Waals surface area contributed by atoms with E-state index in [9.17, 15) is 4.79 Å². The molecular formula is C14H29N3O. The van der Waals surface area contributed by atoms with Crippen molar-refractivity contribution in [2.45, 2.75) is 52.0 Å². The lowest BCUT2D eigenvalue weighted by Gasteiger charge is -2.40. The van der Waals surface area contributed by atoms with Gasteiger partial charge in [-0.1, -0.05) is 19.8 Å². The van der Waals surface area contributed by atoms with Crippen LogP contribution in [-0.4, -0.2) is 54.0 Å². The van der Waals surface area contributed by atoms with Crippen molar-refractivity contribution in [2.75, 3.05) is 32.7 Å². The molecule has 18 heavy (non-hydrogen) atoms. The van der Waals surface area contributed by atoms with Gasteiger partial charge in [-0.2, -0.15) is 0 Å². The molecular weight excluding hydrogens is 226 g/mol. The maximum absolute atomic E-state index is 12.2. The van der Waals surface area contributed by atoms with Crippen LogP contribution in [0.25, 0.3) is 0 Å². The van der Waals surface area contributed by atoms with Crippen LogP contribution in [0.5, 0.6) is 0 Å². The van der Waals surface area contributed by atoms with E-state index in [-0.39, 0.29) is 11.4 Å². The van der Waals surface area contributed by atoms with Crippen molar-refractivity contribution in [1.29, 1.82) is 0 Å². The zero-order valence-electron chi connectivity index (χ0n) is 12.2. The first-order valence-corrected chi connectivity index (χ1v) is 7.36. The van der Waals surface area contributed by atoms with E-state index in [1.165, 1.54) is 12.8 Å². The summed E-state index contributed by atoms with van der Waals surface area (Å²) in [6.07, 6.45) is 4.77. The molecule has 0 radical (unpaired) electrons. The van der Waals surface area contributed by atoms with Crippen molar-refractivity contribution < 1.29 is 4.79 Å². The van der Waals surface area contributed by atoms with Gasteiger partial charge in [0.05, 0.1) is 6.54 Å². The van der Waals surface area contributed by atoms with Crippen LogP contribution >= 0.6 is 0 Å². The van der Waals surface area contributed by atoms with Gasteiger partial charge in [-0.3, -0.25) is 9.69 Å². The number of amides is 1. The Morgan fingerprint density at radius 2 is 1.67 bits per heavy atom. The van der Waals surface area contributed by atoms with E-state index >= 15 is 0 Å². The highest BCUT2D eigenvalue weighted by molar-refractivity contribution is 5.78. The van der Waals surface area contributed by atoms with E-state index in [1.54, 1.807) is 0 Å². The summed E-state index contributed by atoms with van der Waals surface area (Å²) in [6.45, 7) is 9.89. The second-order valence-electron chi connectivity index (χ2n) is 5.22. The summed E-state index contributed by atoms with van der Waals surface area (Å²) < 4.78 is 0. The van der Waals surface area contributed by atoms with Crippen LogP contribution in [0.2, 0.25) is 0 Å². The Morgan fingerprint density at radius 1 is 1.11 bits per heavy atom. The Kier molecular flexibility index (Phi) is 6.09. The molecule has 2 N–H and O–H groups in total. The molecule has 0 aromatic carbocycles. The number of rotatable bonds is 7. The van der Waals surface area contributed by atoms with E-state index in [2.05, 4.69) is 11.8 Å². The highest BCUT2D eigenvalue weighted by Gasteiger charge is 2.38. The number of nitrogens with two attached hydrogens (primary N) is 1. The molecule has 1 fully saturated rings. The minimum absolute atomic E-state index is 0.0809. The first-order chi connectivity index (χ1) is 8.63. The fourth-order valence-corrected chi connectivity index (χ4v) is 3.14. The third-order valence-electron chi connectivity index (χ3n) is 4.41. The summed E-state index contributed by atoms with van der Waals surface area (Å²) in [5, 5.41) is 0. The third-order valence-corrected chi connectivity index (χ3v) is 4.41. The molecule has 0 spiro atoms. The van der Waals surface area contributed by atoms with Gasteiger partial charge >= 0.3 is 0 Å². The molecule has 0 heterocycles. The number of likely N-dealkylation sites (N-methyl/N-ethyl adjacent to an activating group) is 2. The lowest BCUT2D eigenvalue weighted by molar-refractivity contribution is -0.133. The predicted octanol–water partition coefficient (Wildman–Crippen LogP) is 1.45. The van der Waals surface area contributed by atoms with Crippen molar-refractivity contribution in [3.63, 3.8) is 0 Å². The van der Waals surface area contributed by atoms with Crippen LogP contribution in [0.3, 0.4) is 0 Å². The molecule has 106 valence electrons. The van der Waals surface area contributed by atoms with Crippen LogP contribution in [0.1, 0.15) is 46.5 Å². The lowest BCUT2D eigenvalue weighted by atomic mass is 9.95. The molecule has 0 saturated heterocycles. The number of carbonyl (C=O) groups is 1. The van der Waals surface area contributed by atoms with Crippen LogP contribution in [0.4, 0.5) is 0 Å². The Bertz CT molecular complexity index is 258. The number of nitrogens with zero attached hydrogens (tertiary/aromatic N) is 2. The van der Waals surface area contributed by atoms with E-state index in [0.29, 0.717) is 13.1 Å². The first-order valence-electron chi connectivity index (χ1n) is 7.36. The zero-order valence-corrected chi connectivity index (χ0v) is 12.2. The predicted molar refractivity (Wildman–Crippen MR) is 75.4 cm³/mol. The summed E-state index contributed by atoms with van der Waals surface area (Å²) >= 11 is 0. The van der Waals surface area contributed by atoms with E-state index in [0.717, 1.165) is 32.5 Å². The average molecular weight is 255 g/mol. The third kappa shape index (κ3) is 3.23. The number of hydrogen-bond acceptors (Lipinski definition) is 3. The first kappa shape index (κ1) is 15.4. The number of carbonyl (C=O) groups excluding carboxylic acids is 1. The molecule has 0 aliphatic heterocycles. The highest BCUT2D eigenvalue weighted by atomic mass is 16.2. The molecule has 4 nitrogen and oxygen atoms in total. The molecule has 0 bridgehead atoms. The van der Waals surface area contributed by atoms with Crippen molar-refractivity contribution >= 4 is 5.91 Å². The molecule has 1 saturated carbocycles. The number of hydrogen-bond donors (Lipinski definition) is 1. The second kappa shape index (κ2) is 7.10. The molecule has 4 heteroatoms. The fraction of sp³-hybridized carbons (Fsp3) is 0.929. The minimum atomic E-state index is 0.0809. The molecule has 0 atom stereocenters. The Morgan fingerprint density at radius 3 is 2.06 bits per heavy atom. The standard InChI is InChI=1S/C14H29N3O/c1-4-16(5-2)13(18)11-17(6-3)14(12-15)9-7-8-10-14/h4-12,15H2,1-3H3. The van der Waals surface area contributed by atoms with Gasteiger partial charge in [-0.15, -0.1) is 0 Å². The van der Waals surface area contributed by atoms with Crippen LogP contribution < -0.4 is 5.73 Å². The molecule has 0 aromatic rings. The lowest BCUT2D eigenvalue weighted by Crippen LogP contribution is -2.55. The van der Waals surface area contributed by atoms with Crippen LogP contribution in [0, 0.1) is 0 Å². The van der Waals surface area contributed by atoms with Crippen LogP contribution in [-0.2, 0) is 4.79 Å². The van der Waals surface area contributed by atoms with Gasteiger partial charge < -0.3 is 10.6 Å². The molecule has 1 aliphatic rings. The smallest absolute Gasteiger partial charge is 0.236 e. The molecule has 1 amide bonds. The van der Waals surface area contributed by atoms with Gasteiger partial charge in [-0.05, 0) is 33.2 Å². The molecule has 1 aliphatic carbocycles. The maximum Gasteiger partial charge on any atom is 0.236 e. The quantitative estimate of drug-likeness (QED) is 0.749. The Balaban J connectivity index is 2.68. The molecule has 1 rings (SSSR count). The van der Waals surface area contributed by atoms with Gasteiger partial charge in [0.1, 0.15) is 0 Å². The van der Waals surface area contributed by atoms with Gasteiger partial charge in [0.15, 0.2) is 0 Å². The Hall–Kier alpha value is -0.610. The van der Waals surface area contributed by atoms with Crippen molar-refractivity contribution in [3.05, 3.63) is 0 Å². The monoisotopic (exact) mass is 255 g/mol. The molecule has 0 unspecified atom stereocenters. The topological polar surface area (TPSA) is 49.6 Å². The largest absolute Gasteiger partial charge is 0.342 e. The summed E-state index contributed by atoms with van der Waals surface area (Å²) in [6, 6.07) is 0. The fourth-order valence-electron chi connectivity index (χ4n) is 3.14. The zero-order chi connectivity index (χ0) is 13.6. The minimum Gasteiger partial charge on any atom is -0.342 e. The summed E-state index contributed by atoms with van der Waals surface area (Å²) in [7, 11) is 0. The highest BCUT2D eigenvalue weighted by Crippen LogP contribution is 2.34. The van der Waals surface area contributed by atoms with E-state index < -0.39 is 0 Å². The van der Waals surface area contributed by atoms with Gasteiger partial charge in [0, 0.05) is 25.2 Å². The average Bonchev–Trinajstić information content (AvgIpc) is 2.87. The summed E-state index contributed by atoms with van der Waals surface area (Å²) in [4.78, 5) is 16.4. The van der Waals surface area contributed by atoms with E-state index in [4.69, 9.17) is 5.73 Å². The summed E-state index contributed by atoms with van der Waals surface area (Å²) in [5.74, 6) is 0.238. The van der Waals surface area contributed by atoms with E-state index in [1.807, 2.05) is 18.7 Å². The van der Waals surface area contributed by atoms with Gasteiger partial charge in [-0.25, -0.2) is 0 Å². The van der Waals surface area contributed by atoms with Gasteiger partial charge in [0.2, 0.25) is 5.91 Å². The van der Waals surface area contributed by atoms with Crippen LogP contribution in [0.15, 0.2) is 0 Å².